The molecule has 1 atom stereocenters. The zero-order valence-corrected chi connectivity index (χ0v) is 10.2. The lowest BCUT2D eigenvalue weighted by Gasteiger charge is -2.16. The van der Waals surface area contributed by atoms with E-state index in [1.54, 1.807) is 0 Å². The molecule has 0 aliphatic carbocycles. The van der Waals surface area contributed by atoms with Crippen LogP contribution in [0.1, 0.15) is 31.9 Å². The van der Waals surface area contributed by atoms with E-state index in [4.69, 9.17) is 0 Å². The van der Waals surface area contributed by atoms with Crippen LogP contribution >= 0.6 is 0 Å². The summed E-state index contributed by atoms with van der Waals surface area (Å²) in [6, 6.07) is 9.17. The summed E-state index contributed by atoms with van der Waals surface area (Å²) in [7, 11) is 4.13. The van der Waals surface area contributed by atoms with Gasteiger partial charge in [-0.1, -0.05) is 19.1 Å². The van der Waals surface area contributed by atoms with Gasteiger partial charge in [0.15, 0.2) is 0 Å². The lowest BCUT2D eigenvalue weighted by Crippen LogP contribution is -2.19. The first-order valence-electron chi connectivity index (χ1n) is 5.65. The summed E-state index contributed by atoms with van der Waals surface area (Å²) in [6.07, 6.45) is 1.18. The summed E-state index contributed by atoms with van der Waals surface area (Å²) in [4.78, 5) is 2.12. The van der Waals surface area contributed by atoms with Gasteiger partial charge in [-0.3, -0.25) is 0 Å². The predicted octanol–water partition coefficient (Wildman–Crippen LogP) is 2.81. The van der Waals surface area contributed by atoms with E-state index in [9.17, 15) is 0 Å². The third-order valence-corrected chi connectivity index (χ3v) is 2.61. The molecule has 0 radical (unpaired) electrons. The van der Waals surface area contributed by atoms with Gasteiger partial charge in [0.25, 0.3) is 0 Å². The first-order chi connectivity index (χ1) is 7.15. The molecule has 0 spiro atoms. The Hall–Kier alpha value is -1.02. The molecule has 15 heavy (non-hydrogen) atoms. The molecular formula is C13H22N2. The van der Waals surface area contributed by atoms with E-state index in [1.807, 2.05) is 0 Å². The van der Waals surface area contributed by atoms with Crippen LogP contribution in [0.2, 0.25) is 0 Å². The van der Waals surface area contributed by atoms with Gasteiger partial charge in [0.05, 0.1) is 0 Å². The van der Waals surface area contributed by atoms with Crippen molar-refractivity contribution in [1.82, 2.24) is 5.32 Å². The van der Waals surface area contributed by atoms with Crippen molar-refractivity contribution >= 4 is 5.69 Å². The second kappa shape index (κ2) is 5.76. The van der Waals surface area contributed by atoms with E-state index >= 15 is 0 Å². The zero-order valence-electron chi connectivity index (χ0n) is 10.2. The van der Waals surface area contributed by atoms with Crippen LogP contribution in [0.4, 0.5) is 5.69 Å². The maximum atomic E-state index is 3.48. The van der Waals surface area contributed by atoms with Crippen molar-refractivity contribution in [3.63, 3.8) is 0 Å². The SMILES string of the molecule is CCCNC(C)c1ccc(N(C)C)cc1. The normalized spacial score (nSPS) is 12.5. The minimum absolute atomic E-state index is 0.446. The van der Waals surface area contributed by atoms with Crippen LogP contribution < -0.4 is 10.2 Å². The van der Waals surface area contributed by atoms with Crippen LogP contribution in [-0.2, 0) is 0 Å². The van der Waals surface area contributed by atoms with Crippen LogP contribution in [0, 0.1) is 0 Å². The van der Waals surface area contributed by atoms with E-state index < -0.39 is 0 Å². The summed E-state index contributed by atoms with van der Waals surface area (Å²) in [5, 5.41) is 3.48. The summed E-state index contributed by atoms with van der Waals surface area (Å²) in [5.74, 6) is 0. The highest BCUT2D eigenvalue weighted by atomic mass is 15.1. The number of nitrogens with one attached hydrogen (secondary N) is 1. The quantitative estimate of drug-likeness (QED) is 0.797. The number of benzene rings is 1. The molecule has 0 saturated heterocycles. The van der Waals surface area contributed by atoms with Crippen LogP contribution in [0.25, 0.3) is 0 Å². The van der Waals surface area contributed by atoms with E-state index in [2.05, 4.69) is 62.4 Å². The fourth-order valence-electron chi connectivity index (χ4n) is 1.54. The van der Waals surface area contributed by atoms with Crippen molar-refractivity contribution in [1.29, 1.82) is 0 Å². The van der Waals surface area contributed by atoms with Gasteiger partial charge in [-0.15, -0.1) is 0 Å². The Kier molecular flexibility index (Phi) is 4.63. The summed E-state index contributed by atoms with van der Waals surface area (Å²) >= 11 is 0. The predicted molar refractivity (Wildman–Crippen MR) is 67.5 cm³/mol. The first-order valence-corrected chi connectivity index (χ1v) is 5.65. The Bertz CT molecular complexity index is 277. The average molecular weight is 206 g/mol. The smallest absolute Gasteiger partial charge is 0.0361 e. The van der Waals surface area contributed by atoms with Gasteiger partial charge in [-0.2, -0.15) is 0 Å². The van der Waals surface area contributed by atoms with Gasteiger partial charge in [-0.05, 0) is 37.6 Å². The second-order valence-corrected chi connectivity index (χ2v) is 4.16. The molecule has 1 rings (SSSR count). The van der Waals surface area contributed by atoms with Crippen LogP contribution in [-0.4, -0.2) is 20.6 Å². The van der Waals surface area contributed by atoms with Gasteiger partial charge >= 0.3 is 0 Å². The Morgan fingerprint density at radius 3 is 2.27 bits per heavy atom. The minimum atomic E-state index is 0.446. The lowest BCUT2D eigenvalue weighted by atomic mass is 10.1. The Morgan fingerprint density at radius 2 is 1.80 bits per heavy atom. The number of hydrogen-bond donors (Lipinski definition) is 1. The fraction of sp³-hybridized carbons (Fsp3) is 0.538. The molecule has 1 aromatic carbocycles. The maximum absolute atomic E-state index is 3.48. The molecule has 1 aromatic rings. The third-order valence-electron chi connectivity index (χ3n) is 2.61. The number of anilines is 1. The monoisotopic (exact) mass is 206 g/mol. The molecule has 1 unspecified atom stereocenters. The molecule has 2 heteroatoms. The zero-order chi connectivity index (χ0) is 11.3. The van der Waals surface area contributed by atoms with Crippen LogP contribution in [0.15, 0.2) is 24.3 Å². The van der Waals surface area contributed by atoms with E-state index in [0.29, 0.717) is 6.04 Å². The Morgan fingerprint density at radius 1 is 1.20 bits per heavy atom. The topological polar surface area (TPSA) is 15.3 Å². The van der Waals surface area contributed by atoms with Crippen molar-refractivity contribution in [2.45, 2.75) is 26.3 Å². The van der Waals surface area contributed by atoms with E-state index in [1.165, 1.54) is 17.7 Å². The molecule has 0 heterocycles. The number of nitrogens with zero attached hydrogens (tertiary/aromatic N) is 1. The van der Waals surface area contributed by atoms with Crippen LogP contribution in [0.5, 0.6) is 0 Å². The van der Waals surface area contributed by atoms with Crippen LogP contribution in [0.3, 0.4) is 0 Å². The van der Waals surface area contributed by atoms with Gasteiger partial charge in [0, 0.05) is 25.8 Å². The molecule has 0 bridgehead atoms. The molecule has 0 aliphatic rings. The number of rotatable bonds is 5. The van der Waals surface area contributed by atoms with E-state index in [-0.39, 0.29) is 0 Å². The summed E-state index contributed by atoms with van der Waals surface area (Å²) in [6.45, 7) is 5.48. The molecular weight excluding hydrogens is 184 g/mol. The highest BCUT2D eigenvalue weighted by Crippen LogP contribution is 2.17. The third kappa shape index (κ3) is 3.56. The van der Waals surface area contributed by atoms with Gasteiger partial charge in [0.2, 0.25) is 0 Å². The summed E-state index contributed by atoms with van der Waals surface area (Å²) in [5.41, 5.74) is 2.61. The molecule has 0 fully saturated rings. The molecule has 0 aromatic heterocycles. The summed E-state index contributed by atoms with van der Waals surface area (Å²) < 4.78 is 0. The standard InChI is InChI=1S/C13H22N2/c1-5-10-14-11(2)12-6-8-13(9-7-12)15(3)4/h6-9,11,14H,5,10H2,1-4H3. The molecule has 1 N–H and O–H groups in total. The van der Waals surface area contributed by atoms with Crippen molar-refractivity contribution < 1.29 is 0 Å². The first kappa shape index (κ1) is 12.1. The molecule has 84 valence electrons. The van der Waals surface area contributed by atoms with Crippen molar-refractivity contribution in [2.24, 2.45) is 0 Å². The molecule has 0 aliphatic heterocycles. The largest absolute Gasteiger partial charge is 0.378 e. The average Bonchev–Trinajstić information content (AvgIpc) is 2.26. The van der Waals surface area contributed by atoms with Crippen molar-refractivity contribution in [2.75, 3.05) is 25.5 Å². The Labute approximate surface area is 93.3 Å². The maximum Gasteiger partial charge on any atom is 0.0361 e. The molecule has 0 saturated carbocycles. The fourth-order valence-corrected chi connectivity index (χ4v) is 1.54. The second-order valence-electron chi connectivity index (χ2n) is 4.16. The van der Waals surface area contributed by atoms with Crippen molar-refractivity contribution in [3.05, 3.63) is 29.8 Å². The highest BCUT2D eigenvalue weighted by molar-refractivity contribution is 5.46. The Balaban J connectivity index is 2.62. The van der Waals surface area contributed by atoms with Gasteiger partial charge < -0.3 is 10.2 Å². The lowest BCUT2D eigenvalue weighted by molar-refractivity contribution is 0.571. The van der Waals surface area contributed by atoms with Gasteiger partial charge in [-0.25, -0.2) is 0 Å². The molecule has 0 amide bonds. The van der Waals surface area contributed by atoms with Crippen molar-refractivity contribution in [3.8, 4) is 0 Å². The minimum Gasteiger partial charge on any atom is -0.378 e. The molecule has 2 nitrogen and oxygen atoms in total. The number of hydrogen-bond acceptors (Lipinski definition) is 2. The van der Waals surface area contributed by atoms with Gasteiger partial charge in [0.1, 0.15) is 0 Å². The highest BCUT2D eigenvalue weighted by Gasteiger charge is 2.03. The van der Waals surface area contributed by atoms with E-state index in [0.717, 1.165) is 6.54 Å².